The van der Waals surface area contributed by atoms with Crippen molar-refractivity contribution in [1.29, 1.82) is 0 Å². The van der Waals surface area contributed by atoms with Gasteiger partial charge < -0.3 is 14.4 Å². The molecule has 2 heterocycles. The zero-order chi connectivity index (χ0) is 14.7. The molecule has 0 unspecified atom stereocenters. The molecule has 0 saturated carbocycles. The van der Waals surface area contributed by atoms with Crippen molar-refractivity contribution < 1.29 is 19.2 Å². The summed E-state index contributed by atoms with van der Waals surface area (Å²) >= 11 is 0. The van der Waals surface area contributed by atoms with Gasteiger partial charge in [-0.1, -0.05) is 24.2 Å². The standard InChI is InChI=1S/C12H16N4O4/c1-7(2)11-10(12(17)18)13-15-16(11)5-8-4-9(6-19-3)20-14-8/h4,7H,5-6H2,1-3H3,(H,17,18). The maximum absolute atomic E-state index is 11.1. The molecule has 0 spiro atoms. The Balaban J connectivity index is 2.26. The minimum absolute atomic E-state index is 0.0125. The van der Waals surface area contributed by atoms with Crippen molar-refractivity contribution in [3.05, 3.63) is 28.9 Å². The molecule has 0 radical (unpaired) electrons. The lowest BCUT2D eigenvalue weighted by Gasteiger charge is -2.08. The molecular formula is C12H16N4O4. The van der Waals surface area contributed by atoms with Crippen molar-refractivity contribution in [1.82, 2.24) is 20.2 Å². The number of nitrogens with zero attached hydrogens (tertiary/aromatic N) is 4. The van der Waals surface area contributed by atoms with Crippen LogP contribution < -0.4 is 0 Å². The van der Waals surface area contributed by atoms with Crippen LogP contribution in [0.15, 0.2) is 10.6 Å². The highest BCUT2D eigenvalue weighted by atomic mass is 16.5. The van der Waals surface area contributed by atoms with Crippen molar-refractivity contribution in [2.75, 3.05) is 7.11 Å². The van der Waals surface area contributed by atoms with Crippen LogP contribution in [0, 0.1) is 0 Å². The Labute approximate surface area is 115 Å². The molecule has 0 amide bonds. The number of aromatic nitrogens is 4. The number of ether oxygens (including phenoxy) is 1. The van der Waals surface area contributed by atoms with E-state index in [0.29, 0.717) is 30.3 Å². The topological polar surface area (TPSA) is 103 Å². The number of carbonyl (C=O) groups is 1. The molecule has 2 aromatic rings. The number of methoxy groups -OCH3 is 1. The van der Waals surface area contributed by atoms with E-state index < -0.39 is 5.97 Å². The first kappa shape index (κ1) is 14.2. The molecule has 1 N–H and O–H groups in total. The fourth-order valence-corrected chi connectivity index (χ4v) is 1.95. The van der Waals surface area contributed by atoms with Crippen LogP contribution in [0.3, 0.4) is 0 Å². The van der Waals surface area contributed by atoms with E-state index in [1.54, 1.807) is 13.2 Å². The van der Waals surface area contributed by atoms with E-state index >= 15 is 0 Å². The zero-order valence-electron chi connectivity index (χ0n) is 11.5. The second kappa shape index (κ2) is 5.83. The highest BCUT2D eigenvalue weighted by molar-refractivity contribution is 5.86. The summed E-state index contributed by atoms with van der Waals surface area (Å²) in [6.45, 7) is 4.42. The summed E-state index contributed by atoms with van der Waals surface area (Å²) in [7, 11) is 1.57. The first-order valence-electron chi connectivity index (χ1n) is 6.13. The van der Waals surface area contributed by atoms with Gasteiger partial charge in [0, 0.05) is 13.2 Å². The quantitative estimate of drug-likeness (QED) is 0.850. The van der Waals surface area contributed by atoms with E-state index in [-0.39, 0.29) is 11.6 Å². The highest BCUT2D eigenvalue weighted by Crippen LogP contribution is 2.19. The molecule has 0 aromatic carbocycles. The molecule has 2 rings (SSSR count). The smallest absolute Gasteiger partial charge is 0.358 e. The number of carboxylic acids is 1. The minimum Gasteiger partial charge on any atom is -0.476 e. The van der Waals surface area contributed by atoms with Gasteiger partial charge in [0.1, 0.15) is 12.3 Å². The summed E-state index contributed by atoms with van der Waals surface area (Å²) in [6, 6.07) is 1.75. The number of carboxylic acid groups (broad SMARTS) is 1. The Morgan fingerprint density at radius 1 is 1.55 bits per heavy atom. The maximum Gasteiger partial charge on any atom is 0.358 e. The Bertz CT molecular complexity index is 602. The van der Waals surface area contributed by atoms with Gasteiger partial charge in [-0.2, -0.15) is 0 Å². The predicted octanol–water partition coefficient (Wildman–Crippen LogP) is 1.28. The highest BCUT2D eigenvalue weighted by Gasteiger charge is 2.22. The van der Waals surface area contributed by atoms with Crippen LogP contribution in [-0.4, -0.2) is 38.3 Å². The average Bonchev–Trinajstić information content (AvgIpc) is 2.97. The van der Waals surface area contributed by atoms with Crippen molar-refractivity contribution in [2.45, 2.75) is 32.9 Å². The third-order valence-corrected chi connectivity index (χ3v) is 2.73. The Hall–Kier alpha value is -2.22. The van der Waals surface area contributed by atoms with Crippen LogP contribution in [0.4, 0.5) is 0 Å². The van der Waals surface area contributed by atoms with Crippen LogP contribution in [-0.2, 0) is 17.9 Å². The van der Waals surface area contributed by atoms with E-state index in [1.807, 2.05) is 13.8 Å². The Morgan fingerprint density at radius 2 is 2.30 bits per heavy atom. The molecule has 0 aliphatic carbocycles. The molecule has 0 bridgehead atoms. The summed E-state index contributed by atoms with van der Waals surface area (Å²) in [4.78, 5) is 11.1. The van der Waals surface area contributed by atoms with Crippen LogP contribution >= 0.6 is 0 Å². The molecule has 0 saturated heterocycles. The number of hydrogen-bond acceptors (Lipinski definition) is 6. The van der Waals surface area contributed by atoms with E-state index in [9.17, 15) is 4.79 Å². The lowest BCUT2D eigenvalue weighted by Crippen LogP contribution is -2.11. The van der Waals surface area contributed by atoms with Gasteiger partial charge in [0.15, 0.2) is 11.5 Å². The molecule has 8 heteroatoms. The SMILES string of the molecule is COCc1cc(Cn2nnc(C(=O)O)c2C(C)C)no1. The van der Waals surface area contributed by atoms with Crippen molar-refractivity contribution in [3.63, 3.8) is 0 Å². The lowest BCUT2D eigenvalue weighted by atomic mass is 10.1. The minimum atomic E-state index is -1.08. The first-order chi connectivity index (χ1) is 9.52. The largest absolute Gasteiger partial charge is 0.476 e. The molecular weight excluding hydrogens is 264 g/mol. The molecule has 0 fully saturated rings. The average molecular weight is 280 g/mol. The van der Waals surface area contributed by atoms with Crippen LogP contribution in [0.5, 0.6) is 0 Å². The van der Waals surface area contributed by atoms with Gasteiger partial charge >= 0.3 is 5.97 Å². The number of hydrogen-bond donors (Lipinski definition) is 1. The van der Waals surface area contributed by atoms with Crippen molar-refractivity contribution in [2.24, 2.45) is 0 Å². The summed E-state index contributed by atoms with van der Waals surface area (Å²) in [5.41, 5.74) is 1.18. The van der Waals surface area contributed by atoms with Gasteiger partial charge in [-0.3, -0.25) is 0 Å². The molecule has 8 nitrogen and oxygen atoms in total. The van der Waals surface area contributed by atoms with Gasteiger partial charge in [0.05, 0.1) is 12.2 Å². The summed E-state index contributed by atoms with van der Waals surface area (Å²) < 4.78 is 11.6. The van der Waals surface area contributed by atoms with Gasteiger partial charge in [0.2, 0.25) is 0 Å². The van der Waals surface area contributed by atoms with Crippen LogP contribution in [0.25, 0.3) is 0 Å². The molecule has 2 aromatic heterocycles. The summed E-state index contributed by atoms with van der Waals surface area (Å²) in [5.74, 6) is -0.492. The molecule has 108 valence electrons. The van der Waals surface area contributed by atoms with Gasteiger partial charge in [0.25, 0.3) is 0 Å². The van der Waals surface area contributed by atoms with E-state index in [1.165, 1.54) is 4.68 Å². The van der Waals surface area contributed by atoms with Crippen LogP contribution in [0.2, 0.25) is 0 Å². The Morgan fingerprint density at radius 3 is 2.90 bits per heavy atom. The third kappa shape index (κ3) is 2.85. The van der Waals surface area contributed by atoms with E-state index in [2.05, 4.69) is 15.5 Å². The lowest BCUT2D eigenvalue weighted by molar-refractivity contribution is 0.0688. The third-order valence-electron chi connectivity index (χ3n) is 2.73. The second-order valence-corrected chi connectivity index (χ2v) is 4.66. The van der Waals surface area contributed by atoms with E-state index in [0.717, 1.165) is 0 Å². The first-order valence-corrected chi connectivity index (χ1v) is 6.13. The number of aromatic carboxylic acids is 1. The van der Waals surface area contributed by atoms with Crippen molar-refractivity contribution in [3.8, 4) is 0 Å². The number of rotatable bonds is 6. The van der Waals surface area contributed by atoms with Gasteiger partial charge in [-0.15, -0.1) is 5.10 Å². The molecule has 0 aliphatic rings. The van der Waals surface area contributed by atoms with Crippen LogP contribution in [0.1, 0.15) is 47.4 Å². The fourth-order valence-electron chi connectivity index (χ4n) is 1.95. The monoisotopic (exact) mass is 280 g/mol. The summed E-state index contributed by atoms with van der Waals surface area (Å²) in [6.07, 6.45) is 0. The van der Waals surface area contributed by atoms with Crippen molar-refractivity contribution >= 4 is 5.97 Å². The molecule has 0 atom stereocenters. The normalized spacial score (nSPS) is 11.2. The fraction of sp³-hybridized carbons (Fsp3) is 0.500. The van der Waals surface area contributed by atoms with Gasteiger partial charge in [-0.25, -0.2) is 9.48 Å². The Kier molecular flexibility index (Phi) is 4.14. The molecule has 20 heavy (non-hydrogen) atoms. The second-order valence-electron chi connectivity index (χ2n) is 4.66. The summed E-state index contributed by atoms with van der Waals surface area (Å²) in [5, 5.41) is 20.6. The molecule has 0 aliphatic heterocycles. The zero-order valence-corrected chi connectivity index (χ0v) is 11.5. The maximum atomic E-state index is 11.1. The van der Waals surface area contributed by atoms with E-state index in [4.69, 9.17) is 14.4 Å². The predicted molar refractivity (Wildman–Crippen MR) is 67.4 cm³/mol. The van der Waals surface area contributed by atoms with Gasteiger partial charge in [-0.05, 0) is 5.92 Å².